The van der Waals surface area contributed by atoms with Gasteiger partial charge in [-0.3, -0.25) is 14.2 Å². The molecule has 1 amide bonds. The smallest absolute Gasteiger partial charge is 0.416 e. The summed E-state index contributed by atoms with van der Waals surface area (Å²) in [5, 5.41) is 3.36. The van der Waals surface area contributed by atoms with E-state index in [0.29, 0.717) is 18.6 Å². The first-order chi connectivity index (χ1) is 17.3. The Morgan fingerprint density at radius 3 is 2.59 bits per heavy atom. The second-order valence-corrected chi connectivity index (χ2v) is 11.4. The zero-order chi connectivity index (χ0) is 27.0. The summed E-state index contributed by atoms with van der Waals surface area (Å²) in [5.74, 6) is -0.688. The van der Waals surface area contributed by atoms with E-state index in [4.69, 9.17) is 9.47 Å². The van der Waals surface area contributed by atoms with Gasteiger partial charge in [0.2, 0.25) is 0 Å². The van der Waals surface area contributed by atoms with Gasteiger partial charge in [-0.25, -0.2) is 0 Å². The minimum atomic E-state index is -4.60. The van der Waals surface area contributed by atoms with Gasteiger partial charge in [-0.1, -0.05) is 20.8 Å². The van der Waals surface area contributed by atoms with Gasteiger partial charge in [0, 0.05) is 36.4 Å². The molecule has 3 heterocycles. The fraction of sp³-hybridized carbons (Fsp3) is 0.630. The van der Waals surface area contributed by atoms with Crippen LogP contribution in [0.25, 0.3) is 0 Å². The van der Waals surface area contributed by atoms with E-state index in [9.17, 15) is 18.0 Å². The molecule has 4 rings (SSSR count). The van der Waals surface area contributed by atoms with E-state index in [-0.39, 0.29) is 35.0 Å². The molecule has 37 heavy (non-hydrogen) atoms. The van der Waals surface area contributed by atoms with Crippen LogP contribution in [0, 0.1) is 0 Å². The Morgan fingerprint density at radius 2 is 2.00 bits per heavy atom. The fourth-order valence-corrected chi connectivity index (χ4v) is 5.04. The highest BCUT2D eigenvalue weighted by molar-refractivity contribution is 5.97. The molecule has 7 nitrogen and oxygen atoms in total. The largest absolute Gasteiger partial charge is 0.491 e. The van der Waals surface area contributed by atoms with Crippen molar-refractivity contribution in [2.75, 3.05) is 19.8 Å². The highest BCUT2D eigenvalue weighted by Crippen LogP contribution is 2.33. The van der Waals surface area contributed by atoms with Gasteiger partial charge in [-0.05, 0) is 57.4 Å². The first kappa shape index (κ1) is 27.4. The van der Waals surface area contributed by atoms with Gasteiger partial charge in [0.05, 0.1) is 23.8 Å². The van der Waals surface area contributed by atoms with E-state index in [2.05, 4.69) is 31.1 Å². The molecular formula is C27H37F3N4O3. The zero-order valence-corrected chi connectivity index (χ0v) is 22.2. The molecule has 2 fully saturated rings. The van der Waals surface area contributed by atoms with E-state index in [1.54, 1.807) is 0 Å². The van der Waals surface area contributed by atoms with E-state index in [1.807, 2.05) is 29.4 Å². The summed E-state index contributed by atoms with van der Waals surface area (Å²) in [5.41, 5.74) is -0.345. The van der Waals surface area contributed by atoms with Crippen molar-refractivity contribution < 1.29 is 27.4 Å². The van der Waals surface area contributed by atoms with E-state index >= 15 is 0 Å². The van der Waals surface area contributed by atoms with Crippen molar-refractivity contribution in [1.82, 2.24) is 14.7 Å². The summed E-state index contributed by atoms with van der Waals surface area (Å²) in [6.07, 6.45) is -0.880. The maximum atomic E-state index is 13.5. The third kappa shape index (κ3) is 6.29. The first-order valence-electron chi connectivity index (χ1n) is 12.8. The highest BCUT2D eigenvalue weighted by Gasteiger charge is 2.33. The summed E-state index contributed by atoms with van der Waals surface area (Å²) in [6.45, 7) is 10.4. The van der Waals surface area contributed by atoms with Crippen LogP contribution in [0.4, 0.5) is 13.2 Å². The number of halogens is 3. The van der Waals surface area contributed by atoms with Gasteiger partial charge in [-0.2, -0.15) is 18.2 Å². The number of nitrogens with one attached hydrogen (secondary N) is 1. The number of rotatable bonds is 6. The van der Waals surface area contributed by atoms with E-state index in [1.165, 1.54) is 6.07 Å². The van der Waals surface area contributed by atoms with Gasteiger partial charge in [0.15, 0.2) is 5.49 Å². The number of benzene rings is 1. The Balaban J connectivity index is 1.75. The lowest BCUT2D eigenvalue weighted by atomic mass is 9.92. The number of carbonyl (C=O) groups is 1. The van der Waals surface area contributed by atoms with Crippen LogP contribution < -0.4 is 15.5 Å². The lowest BCUT2D eigenvalue weighted by molar-refractivity contribution is -0.137. The molecule has 2 aliphatic rings. The number of nitrogens with zero attached hydrogens (tertiary/aromatic N) is 3. The van der Waals surface area contributed by atoms with E-state index < -0.39 is 17.6 Å². The van der Waals surface area contributed by atoms with Crippen molar-refractivity contribution in [3.05, 3.63) is 46.6 Å². The molecule has 1 N–H and O–H groups in total. The fourth-order valence-electron chi connectivity index (χ4n) is 5.04. The molecule has 0 bridgehead atoms. The number of aromatic nitrogens is 2. The van der Waals surface area contributed by atoms with Crippen molar-refractivity contribution in [3.63, 3.8) is 0 Å². The molecule has 0 aliphatic carbocycles. The monoisotopic (exact) mass is 522 g/mol. The molecule has 0 saturated carbocycles. The summed E-state index contributed by atoms with van der Waals surface area (Å²) < 4.78 is 56.2. The minimum absolute atomic E-state index is 0.0115. The molecule has 0 radical (unpaired) electrons. The Kier molecular flexibility index (Phi) is 7.63. The maximum Gasteiger partial charge on any atom is 0.416 e. The van der Waals surface area contributed by atoms with Gasteiger partial charge >= 0.3 is 6.18 Å². The number of amides is 1. The van der Waals surface area contributed by atoms with Gasteiger partial charge in [-0.15, -0.1) is 0 Å². The average molecular weight is 523 g/mol. The first-order valence-corrected chi connectivity index (χ1v) is 12.8. The molecule has 1 aromatic carbocycles. The Morgan fingerprint density at radius 1 is 1.24 bits per heavy atom. The number of ether oxygens (including phenoxy) is 2. The van der Waals surface area contributed by atoms with Crippen molar-refractivity contribution in [2.24, 2.45) is 12.0 Å². The van der Waals surface area contributed by atoms with Crippen molar-refractivity contribution >= 4 is 5.91 Å². The third-order valence-corrected chi connectivity index (χ3v) is 7.17. The molecule has 0 spiro atoms. The molecule has 2 aromatic rings. The number of hydrogen-bond acceptors (Lipinski definition) is 4. The number of alkyl halides is 3. The minimum Gasteiger partial charge on any atom is -0.491 e. The molecular weight excluding hydrogens is 485 g/mol. The second-order valence-electron chi connectivity index (χ2n) is 11.4. The lowest BCUT2D eigenvalue weighted by Crippen LogP contribution is -2.42. The number of carbonyl (C=O) groups excluding carboxylic acids is 1. The molecule has 2 atom stereocenters. The van der Waals surface area contributed by atoms with Crippen LogP contribution in [0.2, 0.25) is 0 Å². The predicted molar refractivity (Wildman–Crippen MR) is 134 cm³/mol. The molecule has 2 aliphatic heterocycles. The van der Waals surface area contributed by atoms with Crippen LogP contribution in [0.15, 0.2) is 29.3 Å². The van der Waals surface area contributed by atoms with Gasteiger partial charge in [0.1, 0.15) is 12.4 Å². The number of hydrogen-bond donors (Lipinski definition) is 1. The molecule has 1 aromatic heterocycles. The Labute approximate surface area is 215 Å². The summed E-state index contributed by atoms with van der Waals surface area (Å²) >= 11 is 0. The summed E-state index contributed by atoms with van der Waals surface area (Å²) in [4.78, 5) is 17.8. The topological polar surface area (TPSA) is 69.8 Å². The van der Waals surface area contributed by atoms with Crippen molar-refractivity contribution in [1.29, 1.82) is 0 Å². The standard InChI is InChI=1S/C27H37F3N4O3/c1-25(2,3)22-15-23(34(33(22)5)16-19-8-6-13-36-19)32-24(35)20-14-18(27(28,29)30)9-10-21(20)37-17-26(4)11-7-12-31-26/h9-10,14-15,19,31H,6-8,11-13,16-17H2,1-5H3/t19-,26+/m1/s1. The molecule has 2 saturated heterocycles. The van der Waals surface area contributed by atoms with Crippen LogP contribution in [0.5, 0.6) is 5.75 Å². The summed E-state index contributed by atoms with van der Waals surface area (Å²) in [6, 6.07) is 4.82. The second kappa shape index (κ2) is 10.3. The Hall–Kier alpha value is -2.59. The maximum absolute atomic E-state index is 13.5. The van der Waals surface area contributed by atoms with Crippen LogP contribution in [0.3, 0.4) is 0 Å². The lowest BCUT2D eigenvalue weighted by Gasteiger charge is -2.25. The highest BCUT2D eigenvalue weighted by atomic mass is 19.4. The zero-order valence-electron chi connectivity index (χ0n) is 22.2. The predicted octanol–water partition coefficient (Wildman–Crippen LogP) is 4.58. The Bertz CT molecular complexity index is 1190. The summed E-state index contributed by atoms with van der Waals surface area (Å²) in [7, 11) is 1.90. The van der Waals surface area contributed by atoms with Gasteiger partial charge in [0.25, 0.3) is 5.91 Å². The van der Waals surface area contributed by atoms with Crippen molar-refractivity contribution in [3.8, 4) is 5.75 Å². The average Bonchev–Trinajstić information content (AvgIpc) is 3.55. The molecule has 0 unspecified atom stereocenters. The quantitative estimate of drug-likeness (QED) is 0.603. The van der Waals surface area contributed by atoms with Crippen LogP contribution in [-0.2, 0) is 29.9 Å². The normalized spacial score (nSPS) is 23.1. The van der Waals surface area contributed by atoms with Crippen molar-refractivity contribution in [2.45, 2.75) is 83.2 Å². The van der Waals surface area contributed by atoms with Crippen LogP contribution >= 0.6 is 0 Å². The van der Waals surface area contributed by atoms with Crippen LogP contribution in [0.1, 0.15) is 75.0 Å². The van der Waals surface area contributed by atoms with Gasteiger partial charge < -0.3 is 14.8 Å². The molecule has 204 valence electrons. The van der Waals surface area contributed by atoms with Crippen LogP contribution in [-0.4, -0.2) is 46.7 Å². The molecule has 10 heteroatoms. The third-order valence-electron chi connectivity index (χ3n) is 7.17. The SMILES string of the molecule is Cn1c(C(C)(C)C)cc(=NC(=O)c2cc(C(F)(F)F)ccc2OC[C@]2(C)CCCN2)n1C[C@H]1CCCO1. The van der Waals surface area contributed by atoms with E-state index in [0.717, 1.165) is 50.1 Å².